The van der Waals surface area contributed by atoms with Crippen LogP contribution in [0.4, 0.5) is 13.2 Å². The first-order chi connectivity index (χ1) is 14.4. The van der Waals surface area contributed by atoms with Crippen molar-refractivity contribution in [2.45, 2.75) is 26.1 Å². The van der Waals surface area contributed by atoms with Crippen LogP contribution in [0.2, 0.25) is 0 Å². The van der Waals surface area contributed by atoms with E-state index in [-0.39, 0.29) is 23.5 Å². The minimum Gasteiger partial charge on any atom is -0.492 e. The number of aliphatic imine (C=N–C) groups is 1. The van der Waals surface area contributed by atoms with Gasteiger partial charge in [-0.1, -0.05) is 0 Å². The van der Waals surface area contributed by atoms with E-state index in [2.05, 4.69) is 4.99 Å². The number of rotatable bonds is 7. The number of aryl methyl sites for hydroxylation is 1. The summed E-state index contributed by atoms with van der Waals surface area (Å²) in [6.07, 6.45) is -5.38. The second kappa shape index (κ2) is 10.8. The number of ether oxygens (including phenoxy) is 1. The third kappa shape index (κ3) is 7.87. The Hall–Kier alpha value is -3.77. The molecule has 0 bridgehead atoms. The van der Waals surface area contributed by atoms with E-state index in [9.17, 15) is 22.8 Å². The zero-order valence-corrected chi connectivity index (χ0v) is 16.3. The summed E-state index contributed by atoms with van der Waals surface area (Å²) in [6.45, 7) is 2.90. The number of guanidine groups is 1. The van der Waals surface area contributed by atoms with E-state index in [1.165, 1.54) is 4.57 Å². The summed E-state index contributed by atoms with van der Waals surface area (Å²) in [7, 11) is 0. The summed E-state index contributed by atoms with van der Waals surface area (Å²) in [4.78, 5) is 36.0. The lowest BCUT2D eigenvalue weighted by Crippen LogP contribution is -2.25. The molecule has 10 nitrogen and oxygen atoms in total. The third-order valence-corrected chi connectivity index (χ3v) is 3.70. The van der Waals surface area contributed by atoms with Gasteiger partial charge in [-0.15, -0.1) is 0 Å². The number of hydrogen-bond donors (Lipinski definition) is 4. The molecule has 0 amide bonds. The number of carboxylic acid groups (broad SMARTS) is 2. The Balaban J connectivity index is 0.000000592. The fourth-order valence-corrected chi connectivity index (χ4v) is 2.44. The molecular weight excluding hydrogens is 425 g/mol. The molecule has 1 aromatic heterocycles. The van der Waals surface area contributed by atoms with E-state index in [1.54, 1.807) is 24.3 Å². The number of carboxylic acids is 2. The van der Waals surface area contributed by atoms with Crippen molar-refractivity contribution in [1.82, 2.24) is 4.57 Å². The highest BCUT2D eigenvalue weighted by Crippen LogP contribution is 2.21. The minimum atomic E-state index is -5.08. The van der Waals surface area contributed by atoms with Crippen molar-refractivity contribution in [3.63, 3.8) is 0 Å². The lowest BCUT2D eigenvalue weighted by Gasteiger charge is -2.12. The van der Waals surface area contributed by atoms with Gasteiger partial charge in [-0.2, -0.15) is 13.2 Å². The first kappa shape index (κ1) is 25.3. The summed E-state index contributed by atoms with van der Waals surface area (Å²) in [5.74, 6) is -3.20. The number of hydrogen-bond acceptors (Lipinski definition) is 5. The van der Waals surface area contributed by atoms with Crippen LogP contribution >= 0.6 is 0 Å². The minimum absolute atomic E-state index is 0.00268. The van der Waals surface area contributed by atoms with Crippen LogP contribution in [0.25, 0.3) is 10.9 Å². The highest BCUT2D eigenvalue weighted by molar-refractivity contribution is 5.82. The molecule has 6 N–H and O–H groups in total. The van der Waals surface area contributed by atoms with Gasteiger partial charge in [0.1, 0.15) is 12.4 Å². The lowest BCUT2D eigenvalue weighted by atomic mass is 10.1. The molecule has 31 heavy (non-hydrogen) atoms. The molecule has 170 valence electrons. The lowest BCUT2D eigenvalue weighted by molar-refractivity contribution is -0.192. The maximum Gasteiger partial charge on any atom is 0.490 e. The highest BCUT2D eigenvalue weighted by atomic mass is 19.4. The Bertz CT molecular complexity index is 1030. The quantitative estimate of drug-likeness (QED) is 0.276. The molecule has 0 radical (unpaired) electrons. The molecule has 0 aliphatic rings. The second-order valence-electron chi connectivity index (χ2n) is 5.97. The predicted octanol–water partition coefficient (Wildman–Crippen LogP) is 0.934. The largest absolute Gasteiger partial charge is 0.492 e. The van der Waals surface area contributed by atoms with E-state index in [0.29, 0.717) is 31.0 Å². The van der Waals surface area contributed by atoms with Gasteiger partial charge in [0.15, 0.2) is 5.96 Å². The third-order valence-electron chi connectivity index (χ3n) is 3.70. The van der Waals surface area contributed by atoms with Crippen LogP contribution in [0.3, 0.4) is 0 Å². The molecule has 0 aliphatic heterocycles. The van der Waals surface area contributed by atoms with Gasteiger partial charge >= 0.3 is 18.1 Å². The molecule has 0 atom stereocenters. The summed E-state index contributed by atoms with van der Waals surface area (Å²) >= 11 is 0. The molecule has 2 rings (SSSR count). The molecule has 2 aromatic rings. The van der Waals surface area contributed by atoms with E-state index >= 15 is 0 Å². The van der Waals surface area contributed by atoms with Crippen molar-refractivity contribution < 1.29 is 37.7 Å². The number of fused-ring (bicyclic) bond motifs is 1. The number of benzene rings is 1. The van der Waals surface area contributed by atoms with Gasteiger partial charge in [0.05, 0.1) is 18.5 Å². The maximum atomic E-state index is 12.4. The van der Waals surface area contributed by atoms with Gasteiger partial charge < -0.3 is 31.0 Å². The van der Waals surface area contributed by atoms with Crippen LogP contribution in [0, 0.1) is 0 Å². The van der Waals surface area contributed by atoms with Crippen LogP contribution in [0.5, 0.6) is 5.75 Å². The number of alkyl halides is 3. The molecular formula is C18H21F3N4O6. The standard InChI is InChI=1S/C16H20N4O4.C2HF3O2/c1-2-20-13-9-12(24-6-5-19-16(17)18)4-3-10(13)7-11(15(20)23)8-14(21)22;3-2(4,5)1(6)7/h3-4,7,9H,2,5-6,8H2,1H3,(H,21,22)(H4,17,18,19);(H,6,7). The Labute approximate surface area is 173 Å². The van der Waals surface area contributed by atoms with E-state index in [4.69, 9.17) is 31.2 Å². The fourth-order valence-electron chi connectivity index (χ4n) is 2.44. The molecule has 0 saturated carbocycles. The predicted molar refractivity (Wildman–Crippen MR) is 105 cm³/mol. The number of aliphatic carboxylic acids is 2. The highest BCUT2D eigenvalue weighted by Gasteiger charge is 2.38. The molecule has 0 unspecified atom stereocenters. The molecule has 0 saturated heterocycles. The molecule has 13 heteroatoms. The van der Waals surface area contributed by atoms with E-state index in [1.807, 2.05) is 6.92 Å². The van der Waals surface area contributed by atoms with Gasteiger partial charge in [-0.05, 0) is 30.5 Å². The van der Waals surface area contributed by atoms with Crippen molar-refractivity contribution in [3.05, 3.63) is 40.2 Å². The van der Waals surface area contributed by atoms with E-state index < -0.39 is 18.1 Å². The Morgan fingerprint density at radius 1 is 1.19 bits per heavy atom. The summed E-state index contributed by atoms with van der Waals surface area (Å²) in [5.41, 5.74) is 11.1. The Morgan fingerprint density at radius 3 is 2.29 bits per heavy atom. The van der Waals surface area contributed by atoms with Crippen LogP contribution < -0.4 is 21.8 Å². The van der Waals surface area contributed by atoms with Crippen LogP contribution in [-0.2, 0) is 22.6 Å². The molecule has 0 spiro atoms. The number of nitrogens with two attached hydrogens (primary N) is 2. The van der Waals surface area contributed by atoms with Gasteiger partial charge in [0, 0.05) is 18.2 Å². The zero-order chi connectivity index (χ0) is 23.8. The average molecular weight is 446 g/mol. The van der Waals surface area contributed by atoms with Gasteiger partial charge in [0.25, 0.3) is 5.56 Å². The first-order valence-electron chi connectivity index (χ1n) is 8.73. The maximum absolute atomic E-state index is 12.4. The van der Waals surface area contributed by atoms with Crippen molar-refractivity contribution in [1.29, 1.82) is 0 Å². The molecule has 0 fully saturated rings. The van der Waals surface area contributed by atoms with Crippen LogP contribution in [0.15, 0.2) is 34.1 Å². The monoisotopic (exact) mass is 446 g/mol. The average Bonchev–Trinajstić information content (AvgIpc) is 2.65. The SMILES string of the molecule is CCn1c(=O)c(CC(=O)O)cc2ccc(OCCN=C(N)N)cc21.O=C(O)C(F)(F)F. The Kier molecular flexibility index (Phi) is 8.84. The second-order valence-corrected chi connectivity index (χ2v) is 5.97. The van der Waals surface area contributed by atoms with Crippen LogP contribution in [0.1, 0.15) is 12.5 Å². The zero-order valence-electron chi connectivity index (χ0n) is 16.3. The van der Waals surface area contributed by atoms with Gasteiger partial charge in [0.2, 0.25) is 0 Å². The number of carbonyl (C=O) groups is 2. The Morgan fingerprint density at radius 2 is 1.81 bits per heavy atom. The topological polar surface area (TPSA) is 170 Å². The normalized spacial score (nSPS) is 10.7. The summed E-state index contributed by atoms with van der Waals surface area (Å²) < 4.78 is 38.8. The number of nitrogens with zero attached hydrogens (tertiary/aromatic N) is 2. The van der Waals surface area contributed by atoms with Crippen molar-refractivity contribution in [2.24, 2.45) is 16.5 Å². The van der Waals surface area contributed by atoms with Crippen LogP contribution in [-0.4, -0.2) is 52.0 Å². The number of aromatic nitrogens is 1. The van der Waals surface area contributed by atoms with Gasteiger partial charge in [-0.3, -0.25) is 14.6 Å². The molecule has 1 aromatic carbocycles. The smallest absolute Gasteiger partial charge is 0.490 e. The first-order valence-corrected chi connectivity index (χ1v) is 8.73. The summed E-state index contributed by atoms with van der Waals surface area (Å²) in [6, 6.07) is 6.91. The van der Waals surface area contributed by atoms with E-state index in [0.717, 1.165) is 5.39 Å². The van der Waals surface area contributed by atoms with Crippen molar-refractivity contribution in [3.8, 4) is 5.75 Å². The molecule has 0 aliphatic carbocycles. The fraction of sp³-hybridized carbons (Fsp3) is 0.333. The summed E-state index contributed by atoms with van der Waals surface area (Å²) in [5, 5.41) is 16.8. The van der Waals surface area contributed by atoms with Crippen molar-refractivity contribution >= 4 is 28.8 Å². The number of pyridine rings is 1. The molecule has 1 heterocycles. The number of halogens is 3. The van der Waals surface area contributed by atoms with Crippen molar-refractivity contribution in [2.75, 3.05) is 13.2 Å². The van der Waals surface area contributed by atoms with Gasteiger partial charge in [-0.25, -0.2) is 4.79 Å².